The maximum absolute atomic E-state index is 11.9. The summed E-state index contributed by atoms with van der Waals surface area (Å²) in [7, 11) is 0. The molecule has 0 radical (unpaired) electrons. The van der Waals surface area contributed by atoms with E-state index in [1.807, 2.05) is 12.1 Å². The minimum Gasteiger partial charge on any atom is -0.484 e. The molecule has 1 fully saturated rings. The number of carbonyl (C=O) groups excluding carboxylic acids is 2. The number of hydrogen-bond acceptors (Lipinski definition) is 4. The Hall–Kier alpha value is -1.79. The smallest absolute Gasteiger partial charge is 0.255 e. The third-order valence-corrected chi connectivity index (χ3v) is 4.01. The van der Waals surface area contributed by atoms with Gasteiger partial charge in [0.15, 0.2) is 6.61 Å². The Kier molecular flexibility index (Phi) is 9.19. The van der Waals surface area contributed by atoms with Gasteiger partial charge in [-0.15, -0.1) is 12.4 Å². The molecule has 1 saturated heterocycles. The van der Waals surface area contributed by atoms with E-state index in [4.69, 9.17) is 10.5 Å². The van der Waals surface area contributed by atoms with Gasteiger partial charge in [-0.3, -0.25) is 9.59 Å². The Morgan fingerprint density at radius 3 is 2.75 bits per heavy atom. The van der Waals surface area contributed by atoms with Gasteiger partial charge in [-0.1, -0.05) is 12.1 Å². The molecule has 0 bridgehead atoms. The molecule has 2 amide bonds. The van der Waals surface area contributed by atoms with Crippen LogP contribution in [-0.4, -0.2) is 31.5 Å². The van der Waals surface area contributed by atoms with E-state index in [1.54, 1.807) is 12.1 Å². The summed E-state index contributed by atoms with van der Waals surface area (Å²) < 4.78 is 5.25. The Morgan fingerprint density at radius 2 is 2.04 bits per heavy atom. The fourth-order valence-electron chi connectivity index (χ4n) is 2.69. The predicted molar refractivity (Wildman–Crippen MR) is 95.1 cm³/mol. The van der Waals surface area contributed by atoms with Gasteiger partial charge in [-0.25, -0.2) is 0 Å². The van der Waals surface area contributed by atoms with Gasteiger partial charge in [-0.05, 0) is 56.0 Å². The lowest BCUT2D eigenvalue weighted by molar-refractivity contribution is -0.121. The van der Waals surface area contributed by atoms with E-state index < -0.39 is 5.91 Å². The highest BCUT2D eigenvalue weighted by molar-refractivity contribution is 5.85. The molecule has 0 spiro atoms. The first-order chi connectivity index (χ1) is 11.1. The van der Waals surface area contributed by atoms with Crippen LogP contribution in [0.3, 0.4) is 0 Å². The largest absolute Gasteiger partial charge is 0.484 e. The van der Waals surface area contributed by atoms with Crippen molar-refractivity contribution in [2.24, 2.45) is 11.7 Å². The highest BCUT2D eigenvalue weighted by atomic mass is 35.5. The average Bonchev–Trinajstić information content (AvgIpc) is 2.57. The zero-order chi connectivity index (χ0) is 16.5. The van der Waals surface area contributed by atoms with Crippen molar-refractivity contribution in [3.63, 3.8) is 0 Å². The van der Waals surface area contributed by atoms with E-state index in [0.717, 1.165) is 37.9 Å². The van der Waals surface area contributed by atoms with Gasteiger partial charge in [0.25, 0.3) is 5.91 Å². The lowest BCUT2D eigenvalue weighted by atomic mass is 9.93. The summed E-state index contributed by atoms with van der Waals surface area (Å²) in [5.74, 6) is 0.798. The summed E-state index contributed by atoms with van der Waals surface area (Å²) in [5, 5.41) is 6.26. The summed E-state index contributed by atoms with van der Waals surface area (Å²) >= 11 is 0. The minimum absolute atomic E-state index is 0. The van der Waals surface area contributed by atoms with Crippen molar-refractivity contribution < 1.29 is 14.3 Å². The summed E-state index contributed by atoms with van der Waals surface area (Å²) in [5.41, 5.74) is 5.98. The van der Waals surface area contributed by atoms with Gasteiger partial charge in [-0.2, -0.15) is 0 Å². The third kappa shape index (κ3) is 7.66. The molecular formula is C17H26ClN3O3. The molecule has 6 nitrogen and oxygen atoms in total. The summed E-state index contributed by atoms with van der Waals surface area (Å²) in [4.78, 5) is 22.7. The van der Waals surface area contributed by atoms with Crippen molar-refractivity contribution in [3.05, 3.63) is 29.8 Å². The van der Waals surface area contributed by atoms with Crippen LogP contribution in [-0.2, 0) is 16.1 Å². The number of halogens is 1. The number of hydrogen-bond donors (Lipinski definition) is 3. The molecule has 2 rings (SSSR count). The lowest BCUT2D eigenvalue weighted by Crippen LogP contribution is -2.29. The van der Waals surface area contributed by atoms with Gasteiger partial charge >= 0.3 is 0 Å². The van der Waals surface area contributed by atoms with Crippen LogP contribution in [0.25, 0.3) is 0 Å². The maximum atomic E-state index is 11.9. The Labute approximate surface area is 148 Å². The van der Waals surface area contributed by atoms with Gasteiger partial charge in [0.2, 0.25) is 5.91 Å². The second kappa shape index (κ2) is 10.9. The number of primary amides is 1. The van der Waals surface area contributed by atoms with Gasteiger partial charge < -0.3 is 21.1 Å². The molecular weight excluding hydrogens is 330 g/mol. The quantitative estimate of drug-likeness (QED) is 0.656. The fraction of sp³-hybridized carbons (Fsp3) is 0.529. The first kappa shape index (κ1) is 20.3. The molecule has 1 aromatic carbocycles. The van der Waals surface area contributed by atoms with Crippen LogP contribution in [0, 0.1) is 5.92 Å². The predicted octanol–water partition coefficient (Wildman–Crippen LogP) is 1.37. The molecule has 24 heavy (non-hydrogen) atoms. The van der Waals surface area contributed by atoms with Crippen molar-refractivity contribution >= 4 is 24.2 Å². The minimum atomic E-state index is -0.512. The average molecular weight is 356 g/mol. The Balaban J connectivity index is 0.00000288. The van der Waals surface area contributed by atoms with Crippen molar-refractivity contribution in [1.29, 1.82) is 0 Å². The van der Waals surface area contributed by atoms with E-state index >= 15 is 0 Å². The Morgan fingerprint density at radius 1 is 1.29 bits per heavy atom. The molecule has 4 N–H and O–H groups in total. The standard InChI is InChI=1S/C17H25N3O3.ClH/c18-16(21)12-23-15-3-1-2-14(10-15)11-20-17(22)5-4-13-6-8-19-9-7-13;/h1-3,10,13,19H,4-9,11-12H2,(H2,18,21)(H,20,22);1H. The van der Waals surface area contributed by atoms with Gasteiger partial charge in [0.1, 0.15) is 5.75 Å². The first-order valence-corrected chi connectivity index (χ1v) is 8.11. The van der Waals surface area contributed by atoms with Crippen LogP contribution < -0.4 is 21.1 Å². The van der Waals surface area contributed by atoms with Crippen LogP contribution in [0.2, 0.25) is 0 Å². The monoisotopic (exact) mass is 355 g/mol. The maximum Gasteiger partial charge on any atom is 0.255 e. The molecule has 0 saturated carbocycles. The number of nitrogens with two attached hydrogens (primary N) is 1. The molecule has 0 aromatic heterocycles. The van der Waals surface area contributed by atoms with E-state index in [2.05, 4.69) is 10.6 Å². The molecule has 1 aliphatic heterocycles. The molecule has 0 aliphatic carbocycles. The molecule has 1 aromatic rings. The second-order valence-corrected chi connectivity index (χ2v) is 5.91. The van der Waals surface area contributed by atoms with Crippen LogP contribution in [0.1, 0.15) is 31.2 Å². The number of amides is 2. The lowest BCUT2D eigenvalue weighted by Gasteiger charge is -2.22. The van der Waals surface area contributed by atoms with E-state index in [1.165, 1.54) is 0 Å². The van der Waals surface area contributed by atoms with Crippen molar-refractivity contribution in [1.82, 2.24) is 10.6 Å². The zero-order valence-corrected chi connectivity index (χ0v) is 14.6. The first-order valence-electron chi connectivity index (χ1n) is 8.11. The third-order valence-electron chi connectivity index (χ3n) is 4.01. The molecule has 134 valence electrons. The highest BCUT2D eigenvalue weighted by Gasteiger charge is 2.14. The number of piperidine rings is 1. The summed E-state index contributed by atoms with van der Waals surface area (Å²) in [6, 6.07) is 7.29. The number of nitrogens with one attached hydrogen (secondary N) is 2. The van der Waals surface area contributed by atoms with E-state index in [-0.39, 0.29) is 24.9 Å². The normalized spacial score (nSPS) is 14.5. The number of benzene rings is 1. The van der Waals surface area contributed by atoms with Crippen LogP contribution in [0.15, 0.2) is 24.3 Å². The summed E-state index contributed by atoms with van der Waals surface area (Å²) in [6.45, 7) is 2.43. The zero-order valence-electron chi connectivity index (χ0n) is 13.8. The van der Waals surface area contributed by atoms with Crippen LogP contribution >= 0.6 is 12.4 Å². The summed E-state index contributed by atoms with van der Waals surface area (Å²) in [6.07, 6.45) is 3.84. The fourth-order valence-corrected chi connectivity index (χ4v) is 2.69. The second-order valence-electron chi connectivity index (χ2n) is 5.91. The van der Waals surface area contributed by atoms with Gasteiger partial charge in [0.05, 0.1) is 0 Å². The molecule has 1 heterocycles. The highest BCUT2D eigenvalue weighted by Crippen LogP contribution is 2.17. The number of carbonyl (C=O) groups is 2. The Bertz CT molecular complexity index is 534. The molecule has 0 atom stereocenters. The van der Waals surface area contributed by atoms with Crippen molar-refractivity contribution in [2.45, 2.75) is 32.2 Å². The molecule has 7 heteroatoms. The molecule has 0 unspecified atom stereocenters. The van der Waals surface area contributed by atoms with Crippen molar-refractivity contribution in [3.8, 4) is 5.75 Å². The number of ether oxygens (including phenoxy) is 1. The van der Waals surface area contributed by atoms with E-state index in [9.17, 15) is 9.59 Å². The molecule has 1 aliphatic rings. The van der Waals surface area contributed by atoms with E-state index in [0.29, 0.717) is 24.6 Å². The van der Waals surface area contributed by atoms with Gasteiger partial charge in [0, 0.05) is 13.0 Å². The van der Waals surface area contributed by atoms with Crippen LogP contribution in [0.5, 0.6) is 5.75 Å². The van der Waals surface area contributed by atoms with Crippen molar-refractivity contribution in [2.75, 3.05) is 19.7 Å². The topological polar surface area (TPSA) is 93.5 Å². The van der Waals surface area contributed by atoms with Crippen LogP contribution in [0.4, 0.5) is 0 Å². The SMILES string of the molecule is Cl.NC(=O)COc1cccc(CNC(=O)CCC2CCNCC2)c1. The number of rotatable bonds is 8.